The Balaban J connectivity index is 1.90. The van der Waals surface area contributed by atoms with Crippen LogP contribution in [0.2, 0.25) is 5.02 Å². The van der Waals surface area contributed by atoms with Crippen molar-refractivity contribution in [3.05, 3.63) is 58.6 Å². The summed E-state index contributed by atoms with van der Waals surface area (Å²) >= 11 is 6.13. The Labute approximate surface area is 157 Å². The smallest absolute Gasteiger partial charge is 0.263 e. The number of nitrogens with one attached hydrogen (secondary N) is 1. The lowest BCUT2D eigenvalue weighted by atomic mass is 10.2. The van der Waals surface area contributed by atoms with Gasteiger partial charge < -0.3 is 19.6 Å². The SMILES string of the molecule is COc1cc(/C=N\O[C@@H](C)C(=O)NCc2ccccc2)cc(Cl)c1OC. The van der Waals surface area contributed by atoms with Crippen molar-refractivity contribution >= 4 is 23.7 Å². The maximum absolute atomic E-state index is 12.0. The van der Waals surface area contributed by atoms with Crippen molar-refractivity contribution in [3.63, 3.8) is 0 Å². The zero-order valence-electron chi connectivity index (χ0n) is 14.9. The number of halogens is 1. The highest BCUT2D eigenvalue weighted by Crippen LogP contribution is 2.35. The van der Waals surface area contributed by atoms with Crippen LogP contribution in [0.5, 0.6) is 11.5 Å². The first-order valence-corrected chi connectivity index (χ1v) is 8.35. The molecule has 0 radical (unpaired) electrons. The van der Waals surface area contributed by atoms with Crippen molar-refractivity contribution in [2.75, 3.05) is 14.2 Å². The fraction of sp³-hybridized carbons (Fsp3) is 0.263. The van der Waals surface area contributed by atoms with Gasteiger partial charge in [-0.05, 0) is 24.6 Å². The van der Waals surface area contributed by atoms with E-state index in [1.165, 1.54) is 20.4 Å². The van der Waals surface area contributed by atoms with Gasteiger partial charge in [0.1, 0.15) is 0 Å². The minimum atomic E-state index is -0.731. The molecule has 1 amide bonds. The molecular formula is C19H21ClN2O4. The number of methoxy groups -OCH3 is 2. The van der Waals surface area contributed by atoms with Gasteiger partial charge in [-0.25, -0.2) is 0 Å². The summed E-state index contributed by atoms with van der Waals surface area (Å²) in [6.45, 7) is 2.06. The summed E-state index contributed by atoms with van der Waals surface area (Å²) in [6.07, 6.45) is 0.722. The number of ether oxygens (including phenoxy) is 2. The highest BCUT2D eigenvalue weighted by molar-refractivity contribution is 6.32. The lowest BCUT2D eigenvalue weighted by Gasteiger charge is -2.11. The van der Waals surface area contributed by atoms with Gasteiger partial charge in [-0.1, -0.05) is 47.1 Å². The van der Waals surface area contributed by atoms with Gasteiger partial charge in [-0.15, -0.1) is 0 Å². The summed E-state index contributed by atoms with van der Waals surface area (Å²) in [5.74, 6) is 0.673. The third-order valence-electron chi connectivity index (χ3n) is 3.56. The number of hydrogen-bond acceptors (Lipinski definition) is 5. The quantitative estimate of drug-likeness (QED) is 0.566. The van der Waals surface area contributed by atoms with Crippen molar-refractivity contribution in [2.24, 2.45) is 5.16 Å². The van der Waals surface area contributed by atoms with E-state index in [2.05, 4.69) is 10.5 Å². The lowest BCUT2D eigenvalue weighted by Crippen LogP contribution is -2.33. The molecule has 6 nitrogen and oxygen atoms in total. The minimum absolute atomic E-state index is 0.253. The molecule has 26 heavy (non-hydrogen) atoms. The van der Waals surface area contributed by atoms with Crippen LogP contribution >= 0.6 is 11.6 Å². The summed E-state index contributed by atoms with van der Waals surface area (Å²) in [6, 6.07) is 13.0. The van der Waals surface area contributed by atoms with Gasteiger partial charge >= 0.3 is 0 Å². The molecule has 0 fully saturated rings. The van der Waals surface area contributed by atoms with Crippen molar-refractivity contribution in [1.82, 2.24) is 5.32 Å². The largest absolute Gasteiger partial charge is 0.493 e. The molecule has 0 aliphatic heterocycles. The van der Waals surface area contributed by atoms with Crippen LogP contribution in [0.15, 0.2) is 47.6 Å². The van der Waals surface area contributed by atoms with E-state index in [4.69, 9.17) is 25.9 Å². The molecule has 0 bridgehead atoms. The fourth-order valence-corrected chi connectivity index (χ4v) is 2.47. The van der Waals surface area contributed by atoms with Gasteiger partial charge in [0.05, 0.1) is 25.5 Å². The number of nitrogens with zero attached hydrogens (tertiary/aromatic N) is 1. The zero-order valence-corrected chi connectivity index (χ0v) is 15.6. The summed E-state index contributed by atoms with van der Waals surface area (Å²) < 4.78 is 10.4. The van der Waals surface area contributed by atoms with Crippen LogP contribution in [0.25, 0.3) is 0 Å². The molecule has 0 unspecified atom stereocenters. The van der Waals surface area contributed by atoms with Crippen LogP contribution in [0.3, 0.4) is 0 Å². The van der Waals surface area contributed by atoms with Crippen molar-refractivity contribution in [1.29, 1.82) is 0 Å². The number of benzene rings is 2. The van der Waals surface area contributed by atoms with Gasteiger partial charge in [0.25, 0.3) is 5.91 Å². The van der Waals surface area contributed by atoms with E-state index in [-0.39, 0.29) is 5.91 Å². The molecule has 7 heteroatoms. The van der Waals surface area contributed by atoms with Gasteiger partial charge in [-0.2, -0.15) is 0 Å². The second-order valence-corrected chi connectivity index (χ2v) is 5.83. The van der Waals surface area contributed by atoms with Crippen LogP contribution < -0.4 is 14.8 Å². The number of amides is 1. The molecular weight excluding hydrogens is 356 g/mol. The van der Waals surface area contributed by atoms with Gasteiger partial charge in [0, 0.05) is 12.1 Å². The molecule has 2 aromatic carbocycles. The topological polar surface area (TPSA) is 69.2 Å². The predicted octanol–water partition coefficient (Wildman–Crippen LogP) is 3.41. The molecule has 2 rings (SSSR count). The van der Waals surface area contributed by atoms with E-state index in [9.17, 15) is 4.79 Å². The number of rotatable bonds is 8. The highest BCUT2D eigenvalue weighted by atomic mass is 35.5. The standard InChI is InChI=1S/C19H21ClN2O4/c1-13(19(23)21-11-14-7-5-4-6-8-14)26-22-12-15-9-16(20)18(25-3)17(10-15)24-2/h4-10,12-13H,11H2,1-3H3,(H,21,23)/b22-12-/t13-/m0/s1. The third kappa shape index (κ3) is 5.39. The first-order chi connectivity index (χ1) is 12.5. The highest BCUT2D eigenvalue weighted by Gasteiger charge is 2.14. The van der Waals surface area contributed by atoms with Crippen molar-refractivity contribution in [3.8, 4) is 11.5 Å². The van der Waals surface area contributed by atoms with Gasteiger partial charge in [0.2, 0.25) is 6.10 Å². The molecule has 0 saturated heterocycles. The molecule has 0 spiro atoms. The Morgan fingerprint density at radius 3 is 2.62 bits per heavy atom. The lowest BCUT2D eigenvalue weighted by molar-refractivity contribution is -0.131. The normalized spacial score (nSPS) is 11.8. The maximum atomic E-state index is 12.0. The average Bonchev–Trinajstić information content (AvgIpc) is 2.66. The molecule has 1 atom stereocenters. The number of oxime groups is 1. The van der Waals surface area contributed by atoms with Crippen LogP contribution in [-0.2, 0) is 16.2 Å². The third-order valence-corrected chi connectivity index (χ3v) is 3.84. The molecule has 0 saturated carbocycles. The van der Waals surface area contributed by atoms with E-state index in [0.29, 0.717) is 28.6 Å². The monoisotopic (exact) mass is 376 g/mol. The zero-order chi connectivity index (χ0) is 18.9. The van der Waals surface area contributed by atoms with Crippen molar-refractivity contribution in [2.45, 2.75) is 19.6 Å². The molecule has 0 aliphatic carbocycles. The van der Waals surface area contributed by atoms with E-state index < -0.39 is 6.10 Å². The Hall–Kier alpha value is -2.73. The predicted molar refractivity (Wildman–Crippen MR) is 101 cm³/mol. The molecule has 0 aliphatic rings. The summed E-state index contributed by atoms with van der Waals surface area (Å²) in [5, 5.41) is 7.03. The van der Waals surface area contributed by atoms with Gasteiger partial charge in [-0.3, -0.25) is 4.79 Å². The van der Waals surface area contributed by atoms with E-state index >= 15 is 0 Å². The molecule has 1 N–H and O–H groups in total. The van der Waals surface area contributed by atoms with Gasteiger partial charge in [0.15, 0.2) is 11.5 Å². The number of hydrogen-bond donors (Lipinski definition) is 1. The van der Waals surface area contributed by atoms with Crippen LogP contribution in [-0.4, -0.2) is 32.4 Å². The second kappa shape index (κ2) is 9.68. The van der Waals surface area contributed by atoms with E-state index in [0.717, 1.165) is 5.56 Å². The Bertz CT molecular complexity index is 766. The Morgan fingerprint density at radius 1 is 1.23 bits per heavy atom. The molecule has 0 heterocycles. The van der Waals surface area contributed by atoms with Crippen LogP contribution in [0, 0.1) is 0 Å². The fourth-order valence-electron chi connectivity index (χ4n) is 2.17. The number of carbonyl (C=O) groups excluding carboxylic acids is 1. The molecule has 0 aromatic heterocycles. The van der Waals surface area contributed by atoms with Crippen molar-refractivity contribution < 1.29 is 19.1 Å². The molecule has 138 valence electrons. The summed E-state index contributed by atoms with van der Waals surface area (Å²) in [5.41, 5.74) is 1.67. The average molecular weight is 377 g/mol. The maximum Gasteiger partial charge on any atom is 0.263 e. The molecule has 2 aromatic rings. The van der Waals surface area contributed by atoms with Crippen LogP contribution in [0.4, 0.5) is 0 Å². The first-order valence-electron chi connectivity index (χ1n) is 7.97. The minimum Gasteiger partial charge on any atom is -0.493 e. The van der Waals surface area contributed by atoms with E-state index in [1.807, 2.05) is 30.3 Å². The first kappa shape index (κ1) is 19.6. The van der Waals surface area contributed by atoms with Crippen LogP contribution in [0.1, 0.15) is 18.1 Å². The Kier molecular flexibility index (Phi) is 7.29. The second-order valence-electron chi connectivity index (χ2n) is 5.42. The number of carbonyl (C=O) groups is 1. The summed E-state index contributed by atoms with van der Waals surface area (Å²) in [7, 11) is 3.03. The summed E-state index contributed by atoms with van der Waals surface area (Å²) in [4.78, 5) is 17.2. The Morgan fingerprint density at radius 2 is 1.96 bits per heavy atom. The van der Waals surface area contributed by atoms with E-state index in [1.54, 1.807) is 19.1 Å².